The number of amides is 2. The summed E-state index contributed by atoms with van der Waals surface area (Å²) in [6.45, 7) is 5.84. The van der Waals surface area contributed by atoms with Gasteiger partial charge < -0.3 is 23.8 Å². The van der Waals surface area contributed by atoms with Crippen molar-refractivity contribution in [1.82, 2.24) is 19.9 Å². The van der Waals surface area contributed by atoms with Crippen molar-refractivity contribution in [3.8, 4) is 5.88 Å². The first-order chi connectivity index (χ1) is 16.8. The van der Waals surface area contributed by atoms with Crippen LogP contribution in [-0.4, -0.2) is 83.3 Å². The summed E-state index contributed by atoms with van der Waals surface area (Å²) in [5, 5.41) is 2.80. The second kappa shape index (κ2) is 9.23. The zero-order valence-electron chi connectivity index (χ0n) is 19.8. The number of nitrogens with zero attached hydrogens (tertiary/aromatic N) is 6. The largest absolute Gasteiger partial charge is 0.475 e. The Bertz CT molecular complexity index is 1130. The predicted molar refractivity (Wildman–Crippen MR) is 123 cm³/mol. The van der Waals surface area contributed by atoms with E-state index in [-0.39, 0.29) is 30.4 Å². The molecule has 5 rings (SSSR count). The number of piperidine rings is 1. The van der Waals surface area contributed by atoms with E-state index in [4.69, 9.17) is 18.9 Å². The van der Waals surface area contributed by atoms with Crippen molar-refractivity contribution in [2.75, 3.05) is 48.5 Å². The van der Waals surface area contributed by atoms with E-state index in [2.05, 4.69) is 30.2 Å². The molecule has 2 atom stereocenters. The van der Waals surface area contributed by atoms with Gasteiger partial charge in [-0.2, -0.15) is 0 Å². The number of methoxy groups -OCH3 is 1. The Morgan fingerprint density at radius 2 is 2.14 bits per heavy atom. The first-order valence-electron chi connectivity index (χ1n) is 11.4. The van der Waals surface area contributed by atoms with Crippen molar-refractivity contribution in [3.63, 3.8) is 0 Å². The van der Waals surface area contributed by atoms with Gasteiger partial charge in [-0.3, -0.25) is 10.2 Å². The molecule has 35 heavy (non-hydrogen) atoms. The number of carbonyl (C=O) groups is 2. The van der Waals surface area contributed by atoms with Crippen LogP contribution in [0.25, 0.3) is 0 Å². The first kappa shape index (κ1) is 23.2. The Balaban J connectivity index is 1.33. The highest BCUT2D eigenvalue weighted by Gasteiger charge is 2.39. The molecule has 1 unspecified atom stereocenters. The summed E-state index contributed by atoms with van der Waals surface area (Å²) in [6, 6.07) is 1.000. The maximum atomic E-state index is 13.4. The number of anilines is 3. The van der Waals surface area contributed by atoms with E-state index in [1.807, 2.05) is 13.8 Å². The SMILES string of the molecule is COC(=O)c1ncc2c(n1)N(C(=O)Nc1cc(OC[C@H]3COC(C)(C)O3)ncn1)C1CCCN2C1. The fourth-order valence-electron chi connectivity index (χ4n) is 4.46. The van der Waals surface area contributed by atoms with Gasteiger partial charge in [-0.05, 0) is 26.7 Å². The molecule has 2 saturated heterocycles. The lowest BCUT2D eigenvalue weighted by Crippen LogP contribution is -2.56. The zero-order chi connectivity index (χ0) is 24.6. The van der Waals surface area contributed by atoms with Crippen LogP contribution in [0.3, 0.4) is 0 Å². The lowest BCUT2D eigenvalue weighted by atomic mass is 10.0. The van der Waals surface area contributed by atoms with Crippen molar-refractivity contribution in [1.29, 1.82) is 0 Å². The Morgan fingerprint density at radius 3 is 2.91 bits per heavy atom. The van der Waals surface area contributed by atoms with E-state index in [1.165, 1.54) is 19.5 Å². The van der Waals surface area contributed by atoms with E-state index >= 15 is 0 Å². The molecule has 0 radical (unpaired) electrons. The molecule has 3 aliphatic rings. The molecule has 2 amide bonds. The molecule has 186 valence electrons. The molecule has 0 aromatic carbocycles. The number of hydrogen-bond acceptors (Lipinski definition) is 11. The van der Waals surface area contributed by atoms with E-state index in [9.17, 15) is 9.59 Å². The third-order valence-electron chi connectivity index (χ3n) is 6.03. The van der Waals surface area contributed by atoms with Gasteiger partial charge in [-0.1, -0.05) is 0 Å². The smallest absolute Gasteiger partial charge is 0.376 e. The highest BCUT2D eigenvalue weighted by Crippen LogP contribution is 2.37. The zero-order valence-corrected chi connectivity index (χ0v) is 19.8. The highest BCUT2D eigenvalue weighted by molar-refractivity contribution is 6.04. The van der Waals surface area contributed by atoms with Crippen molar-refractivity contribution >= 4 is 29.3 Å². The fourth-order valence-corrected chi connectivity index (χ4v) is 4.46. The standard InChI is InChI=1S/C22H27N7O6/c1-22(2)34-11-14(35-22)10-33-17-7-16(24-12-25-17)26-21(31)29-13-5-4-6-28(9-13)15-8-23-18(20(30)32-3)27-19(15)29/h7-8,12-14H,4-6,9-11H2,1-3H3,(H,24,25,26,31)/t13?,14-/m0/s1. The van der Waals surface area contributed by atoms with Crippen LogP contribution in [0.1, 0.15) is 37.3 Å². The molecule has 3 aliphatic heterocycles. The lowest BCUT2D eigenvalue weighted by molar-refractivity contribution is -0.141. The average molecular weight is 486 g/mol. The molecule has 13 heteroatoms. The lowest BCUT2D eigenvalue weighted by Gasteiger charge is -2.45. The quantitative estimate of drug-likeness (QED) is 0.617. The molecule has 0 spiro atoms. The molecule has 5 heterocycles. The number of fused-ring (bicyclic) bond motifs is 4. The maximum absolute atomic E-state index is 13.4. The molecular formula is C22H27N7O6. The minimum atomic E-state index is -0.670. The van der Waals surface area contributed by atoms with Crippen LogP contribution in [0.4, 0.5) is 22.1 Å². The van der Waals surface area contributed by atoms with Gasteiger partial charge in [0.1, 0.15) is 24.9 Å². The second-order valence-corrected chi connectivity index (χ2v) is 8.94. The molecule has 2 bridgehead atoms. The van der Waals surface area contributed by atoms with E-state index < -0.39 is 17.8 Å². The van der Waals surface area contributed by atoms with Gasteiger partial charge in [0, 0.05) is 19.2 Å². The number of nitrogens with one attached hydrogen (secondary N) is 1. The third-order valence-corrected chi connectivity index (χ3v) is 6.03. The average Bonchev–Trinajstić information content (AvgIpc) is 3.21. The van der Waals surface area contributed by atoms with Crippen molar-refractivity contribution in [2.24, 2.45) is 0 Å². The topological polar surface area (TPSA) is 141 Å². The van der Waals surface area contributed by atoms with Crippen molar-refractivity contribution in [2.45, 2.75) is 44.6 Å². The molecule has 2 fully saturated rings. The van der Waals surface area contributed by atoms with Gasteiger partial charge in [-0.15, -0.1) is 0 Å². The van der Waals surface area contributed by atoms with Crippen LogP contribution in [0, 0.1) is 0 Å². The van der Waals surface area contributed by atoms with Crippen LogP contribution < -0.4 is 19.9 Å². The Kier molecular flexibility index (Phi) is 6.11. The minimum absolute atomic E-state index is 0.107. The summed E-state index contributed by atoms with van der Waals surface area (Å²) < 4.78 is 21.8. The van der Waals surface area contributed by atoms with Crippen LogP contribution in [0.2, 0.25) is 0 Å². The second-order valence-electron chi connectivity index (χ2n) is 8.94. The number of carbonyl (C=O) groups excluding carboxylic acids is 2. The van der Waals surface area contributed by atoms with Crippen LogP contribution in [0.5, 0.6) is 5.88 Å². The summed E-state index contributed by atoms with van der Waals surface area (Å²) in [7, 11) is 1.26. The summed E-state index contributed by atoms with van der Waals surface area (Å²) in [6.07, 6.45) is 4.37. The van der Waals surface area contributed by atoms with Gasteiger partial charge in [0.05, 0.1) is 31.6 Å². The summed E-state index contributed by atoms with van der Waals surface area (Å²) in [5.74, 6) is -0.496. The molecule has 13 nitrogen and oxygen atoms in total. The summed E-state index contributed by atoms with van der Waals surface area (Å²) in [4.78, 5) is 45.9. The van der Waals surface area contributed by atoms with Crippen molar-refractivity contribution < 1.29 is 28.5 Å². The number of urea groups is 1. The molecule has 2 aromatic rings. The summed E-state index contributed by atoms with van der Waals surface area (Å²) >= 11 is 0. The van der Waals surface area contributed by atoms with Crippen molar-refractivity contribution in [3.05, 3.63) is 24.4 Å². The number of esters is 1. The van der Waals surface area contributed by atoms with Crippen LogP contribution >= 0.6 is 0 Å². The number of ether oxygens (including phenoxy) is 4. The predicted octanol–water partition coefficient (Wildman–Crippen LogP) is 1.60. The summed E-state index contributed by atoms with van der Waals surface area (Å²) in [5.41, 5.74) is 0.692. The molecule has 1 N–H and O–H groups in total. The van der Waals surface area contributed by atoms with E-state index in [0.717, 1.165) is 19.4 Å². The van der Waals surface area contributed by atoms with Crippen LogP contribution in [-0.2, 0) is 14.2 Å². The number of aromatic nitrogens is 4. The van der Waals surface area contributed by atoms with E-state index in [0.29, 0.717) is 30.5 Å². The normalized spacial score (nSPS) is 22.4. The molecule has 0 saturated carbocycles. The highest BCUT2D eigenvalue weighted by atomic mass is 16.7. The fraction of sp³-hybridized carbons (Fsp3) is 0.545. The molecule has 2 aromatic heterocycles. The van der Waals surface area contributed by atoms with Gasteiger partial charge in [0.2, 0.25) is 11.7 Å². The third kappa shape index (κ3) is 4.82. The minimum Gasteiger partial charge on any atom is -0.475 e. The Hall–Kier alpha value is -3.58. The Labute approximate surface area is 201 Å². The number of hydrogen-bond donors (Lipinski definition) is 1. The van der Waals surface area contributed by atoms with Crippen LogP contribution in [0.15, 0.2) is 18.6 Å². The molecular weight excluding hydrogens is 458 g/mol. The van der Waals surface area contributed by atoms with Gasteiger partial charge in [0.15, 0.2) is 11.6 Å². The van der Waals surface area contributed by atoms with Gasteiger partial charge in [-0.25, -0.2) is 29.5 Å². The van der Waals surface area contributed by atoms with E-state index in [1.54, 1.807) is 11.1 Å². The molecule has 0 aliphatic carbocycles. The maximum Gasteiger partial charge on any atom is 0.376 e. The first-order valence-corrected chi connectivity index (χ1v) is 11.4. The monoisotopic (exact) mass is 485 g/mol. The number of rotatable bonds is 5. The van der Waals surface area contributed by atoms with Gasteiger partial charge in [0.25, 0.3) is 0 Å². The van der Waals surface area contributed by atoms with Gasteiger partial charge >= 0.3 is 12.0 Å². The Morgan fingerprint density at radius 1 is 1.29 bits per heavy atom.